The Labute approximate surface area is 168 Å². The Balaban J connectivity index is 1.55. The van der Waals surface area contributed by atoms with Crippen molar-refractivity contribution in [2.24, 2.45) is 46.8 Å². The second-order valence-corrected chi connectivity index (χ2v) is 10.8. The quantitative estimate of drug-likeness (QED) is 0.587. The minimum Gasteiger partial charge on any atom is -0.481 e. The molecule has 11 atom stereocenters. The molecule has 4 saturated carbocycles. The van der Waals surface area contributed by atoms with E-state index >= 15 is 0 Å². The first-order chi connectivity index (χ1) is 13.2. The lowest BCUT2D eigenvalue weighted by Crippen LogP contribution is -2.59. The van der Waals surface area contributed by atoms with Crippen molar-refractivity contribution in [2.45, 2.75) is 89.9 Å². The highest BCUT2D eigenvalue weighted by molar-refractivity contribution is 5.66. The second kappa shape index (κ2) is 7.55. The molecular weight excluding hydrogens is 356 g/mol. The largest absolute Gasteiger partial charge is 0.481 e. The molecule has 28 heavy (non-hydrogen) atoms. The summed E-state index contributed by atoms with van der Waals surface area (Å²) in [5, 5.41) is 41.5. The van der Waals surface area contributed by atoms with Gasteiger partial charge < -0.3 is 20.4 Å². The predicted molar refractivity (Wildman–Crippen MR) is 105 cm³/mol. The standard InChI is InChI=1S/C23H38O5/c1-12(3-6-20(27)28)15-4-5-16-21(15)19(26)11-17-22(16)18(25)10-13-9-14(24)7-8-23(13,17)2/h12-19,21-22,24-26H,3-11H2,1-2H3,(H,27,28)/t12?,13?,14-,15?,16?,17?,18-,19+,21?,22?,23+/m1/s1. The van der Waals surface area contributed by atoms with E-state index in [-0.39, 0.29) is 42.0 Å². The Morgan fingerprint density at radius 1 is 1.04 bits per heavy atom. The molecule has 0 aliphatic heterocycles. The summed E-state index contributed by atoms with van der Waals surface area (Å²) in [4.78, 5) is 11.0. The van der Waals surface area contributed by atoms with E-state index in [2.05, 4.69) is 13.8 Å². The average molecular weight is 395 g/mol. The SMILES string of the molecule is CC(CCC(=O)O)C1CCC2C3C(C[C@H](O)C12)[C@@]1(C)CC[C@@H](O)CC1C[C@H]3O. The molecule has 0 aromatic rings. The van der Waals surface area contributed by atoms with Crippen LogP contribution in [0.25, 0.3) is 0 Å². The summed E-state index contributed by atoms with van der Waals surface area (Å²) in [5.41, 5.74) is 0.113. The lowest BCUT2D eigenvalue weighted by atomic mass is 9.45. The van der Waals surface area contributed by atoms with Gasteiger partial charge in [-0.1, -0.05) is 13.8 Å². The van der Waals surface area contributed by atoms with Crippen molar-refractivity contribution in [3.05, 3.63) is 0 Å². The first-order valence-corrected chi connectivity index (χ1v) is 11.5. The first-order valence-electron chi connectivity index (χ1n) is 11.5. The summed E-state index contributed by atoms with van der Waals surface area (Å²) in [6.07, 6.45) is 6.20. The van der Waals surface area contributed by atoms with Crippen LogP contribution in [0.4, 0.5) is 0 Å². The van der Waals surface area contributed by atoms with E-state index in [0.717, 1.165) is 44.9 Å². The maximum Gasteiger partial charge on any atom is 0.303 e. The molecule has 4 rings (SSSR count). The number of aliphatic carboxylic acids is 1. The predicted octanol–water partition coefficient (Wildman–Crippen LogP) is 3.06. The first kappa shape index (κ1) is 20.6. The molecular formula is C23H38O5. The number of carboxylic acids is 1. The van der Waals surface area contributed by atoms with Crippen LogP contribution < -0.4 is 0 Å². The molecule has 0 radical (unpaired) electrons. The molecule has 0 amide bonds. The Hall–Kier alpha value is -0.650. The van der Waals surface area contributed by atoms with Crippen LogP contribution in [0.1, 0.15) is 71.6 Å². The summed E-state index contributed by atoms with van der Waals surface area (Å²) >= 11 is 0. The summed E-state index contributed by atoms with van der Waals surface area (Å²) in [6.45, 7) is 4.49. The van der Waals surface area contributed by atoms with Gasteiger partial charge in [0, 0.05) is 6.42 Å². The third kappa shape index (κ3) is 3.31. The Morgan fingerprint density at radius 2 is 1.75 bits per heavy atom. The van der Waals surface area contributed by atoms with Crippen LogP contribution in [0, 0.1) is 46.8 Å². The van der Waals surface area contributed by atoms with Crippen LogP contribution in [0.2, 0.25) is 0 Å². The zero-order chi connectivity index (χ0) is 20.2. The Kier molecular flexibility index (Phi) is 5.56. The summed E-state index contributed by atoms with van der Waals surface area (Å²) in [5.74, 6) is 1.41. The number of carboxylic acid groups (broad SMARTS) is 1. The van der Waals surface area contributed by atoms with E-state index in [1.54, 1.807) is 0 Å². The van der Waals surface area contributed by atoms with Crippen LogP contribution >= 0.6 is 0 Å². The van der Waals surface area contributed by atoms with E-state index in [1.165, 1.54) is 0 Å². The molecule has 4 fully saturated rings. The molecule has 5 nitrogen and oxygen atoms in total. The van der Waals surface area contributed by atoms with Crippen molar-refractivity contribution in [1.82, 2.24) is 0 Å². The average Bonchev–Trinajstić information content (AvgIpc) is 3.07. The fraction of sp³-hybridized carbons (Fsp3) is 0.957. The van der Waals surface area contributed by atoms with Gasteiger partial charge >= 0.3 is 5.97 Å². The van der Waals surface area contributed by atoms with E-state index in [0.29, 0.717) is 36.0 Å². The highest BCUT2D eigenvalue weighted by Gasteiger charge is 2.61. The van der Waals surface area contributed by atoms with Crippen molar-refractivity contribution < 1.29 is 25.2 Å². The van der Waals surface area contributed by atoms with Gasteiger partial charge in [0.15, 0.2) is 0 Å². The lowest BCUT2D eigenvalue weighted by Gasteiger charge is -2.61. The molecule has 5 heteroatoms. The highest BCUT2D eigenvalue weighted by Crippen LogP contribution is 2.64. The number of fused-ring (bicyclic) bond motifs is 5. The van der Waals surface area contributed by atoms with Gasteiger partial charge in [-0.3, -0.25) is 4.79 Å². The number of hydrogen-bond acceptors (Lipinski definition) is 4. The Bertz CT molecular complexity index is 594. The third-order valence-corrected chi connectivity index (χ3v) is 9.59. The van der Waals surface area contributed by atoms with Gasteiger partial charge in [-0.2, -0.15) is 0 Å². The summed E-state index contributed by atoms with van der Waals surface area (Å²) in [6, 6.07) is 0. The summed E-state index contributed by atoms with van der Waals surface area (Å²) in [7, 11) is 0. The second-order valence-electron chi connectivity index (χ2n) is 10.8. The van der Waals surface area contributed by atoms with Crippen molar-refractivity contribution in [3.8, 4) is 0 Å². The maximum absolute atomic E-state index is 11.2. The number of rotatable bonds is 4. The van der Waals surface area contributed by atoms with Gasteiger partial charge in [0.1, 0.15) is 0 Å². The van der Waals surface area contributed by atoms with Gasteiger partial charge in [0.2, 0.25) is 0 Å². The fourth-order valence-electron chi connectivity index (χ4n) is 8.17. The molecule has 0 saturated heterocycles. The molecule has 4 N–H and O–H groups in total. The number of aliphatic hydroxyl groups is 3. The van der Waals surface area contributed by atoms with Gasteiger partial charge in [0.25, 0.3) is 0 Å². The van der Waals surface area contributed by atoms with Gasteiger partial charge in [-0.15, -0.1) is 0 Å². The van der Waals surface area contributed by atoms with Gasteiger partial charge in [-0.25, -0.2) is 0 Å². The van der Waals surface area contributed by atoms with Crippen molar-refractivity contribution >= 4 is 5.97 Å². The van der Waals surface area contributed by atoms with Crippen LogP contribution in [0.15, 0.2) is 0 Å². The molecule has 0 heterocycles. The molecule has 0 aromatic carbocycles. The smallest absolute Gasteiger partial charge is 0.303 e. The third-order valence-electron chi connectivity index (χ3n) is 9.59. The van der Waals surface area contributed by atoms with E-state index < -0.39 is 5.97 Å². The lowest BCUT2D eigenvalue weighted by molar-refractivity contribution is -0.181. The molecule has 0 bridgehead atoms. The summed E-state index contributed by atoms with van der Waals surface area (Å²) < 4.78 is 0. The van der Waals surface area contributed by atoms with E-state index in [1.807, 2.05) is 0 Å². The van der Waals surface area contributed by atoms with Gasteiger partial charge in [-0.05, 0) is 98.2 Å². The molecule has 160 valence electrons. The molecule has 4 aliphatic rings. The minimum absolute atomic E-state index is 0.113. The number of hydrogen-bond donors (Lipinski definition) is 4. The zero-order valence-corrected chi connectivity index (χ0v) is 17.3. The van der Waals surface area contributed by atoms with Crippen molar-refractivity contribution in [1.29, 1.82) is 0 Å². The normalized spacial score (nSPS) is 51.7. The fourth-order valence-corrected chi connectivity index (χ4v) is 8.17. The number of carbonyl (C=O) groups is 1. The maximum atomic E-state index is 11.2. The molecule has 0 spiro atoms. The van der Waals surface area contributed by atoms with Crippen molar-refractivity contribution in [2.75, 3.05) is 0 Å². The van der Waals surface area contributed by atoms with Crippen LogP contribution in [-0.2, 0) is 4.79 Å². The van der Waals surface area contributed by atoms with Gasteiger partial charge in [0.05, 0.1) is 18.3 Å². The monoisotopic (exact) mass is 394 g/mol. The molecule has 7 unspecified atom stereocenters. The van der Waals surface area contributed by atoms with E-state index in [9.17, 15) is 20.1 Å². The van der Waals surface area contributed by atoms with Crippen LogP contribution in [-0.4, -0.2) is 44.7 Å². The highest BCUT2D eigenvalue weighted by atomic mass is 16.4. The number of aliphatic hydroxyl groups excluding tert-OH is 3. The topological polar surface area (TPSA) is 98.0 Å². The minimum atomic E-state index is -0.744. The van der Waals surface area contributed by atoms with Crippen LogP contribution in [0.5, 0.6) is 0 Å². The zero-order valence-electron chi connectivity index (χ0n) is 17.3. The Morgan fingerprint density at radius 3 is 2.46 bits per heavy atom. The van der Waals surface area contributed by atoms with Crippen molar-refractivity contribution in [3.63, 3.8) is 0 Å². The van der Waals surface area contributed by atoms with E-state index in [4.69, 9.17) is 5.11 Å². The van der Waals surface area contributed by atoms with Crippen LogP contribution in [0.3, 0.4) is 0 Å². The molecule has 0 aromatic heterocycles. The molecule has 4 aliphatic carbocycles.